The van der Waals surface area contributed by atoms with Crippen LogP contribution in [0.1, 0.15) is 11.3 Å². The monoisotopic (exact) mass is 207 g/mol. The lowest BCUT2D eigenvalue weighted by molar-refractivity contribution is 1.17. The van der Waals surface area contributed by atoms with Crippen LogP contribution in [-0.4, -0.2) is 4.98 Å². The fourth-order valence-corrected chi connectivity index (χ4v) is 1.86. The molecule has 72 valence electrons. The summed E-state index contributed by atoms with van der Waals surface area (Å²) in [4.78, 5) is 14.4. The van der Waals surface area contributed by atoms with Gasteiger partial charge < -0.3 is 4.98 Å². The van der Waals surface area contributed by atoms with E-state index in [2.05, 4.69) is 4.98 Å². The van der Waals surface area contributed by atoms with Crippen molar-refractivity contribution in [3.63, 3.8) is 0 Å². The Morgan fingerprint density at radius 3 is 2.71 bits per heavy atom. The van der Waals surface area contributed by atoms with Crippen molar-refractivity contribution in [2.75, 3.05) is 0 Å². The third-order valence-corrected chi connectivity index (χ3v) is 2.63. The molecule has 1 heterocycles. The third-order valence-electron chi connectivity index (χ3n) is 2.31. The number of nitrogens with one attached hydrogen (secondary N) is 1. The van der Waals surface area contributed by atoms with E-state index in [1.165, 1.54) is 0 Å². The molecule has 0 atom stereocenters. The van der Waals surface area contributed by atoms with E-state index in [0.717, 1.165) is 16.6 Å². The number of pyridine rings is 1. The zero-order chi connectivity index (χ0) is 10.3. The van der Waals surface area contributed by atoms with Gasteiger partial charge in [0, 0.05) is 5.69 Å². The highest BCUT2D eigenvalue weighted by Gasteiger charge is 2.06. The van der Waals surface area contributed by atoms with Gasteiger partial charge in [0.1, 0.15) is 0 Å². The van der Waals surface area contributed by atoms with Crippen molar-refractivity contribution in [1.29, 1.82) is 0 Å². The minimum absolute atomic E-state index is 0.117. The summed E-state index contributed by atoms with van der Waals surface area (Å²) in [6.45, 7) is 3.83. The van der Waals surface area contributed by atoms with Gasteiger partial charge in [0.2, 0.25) is 0 Å². The molecule has 0 aliphatic carbocycles. The van der Waals surface area contributed by atoms with Gasteiger partial charge in [-0.25, -0.2) is 0 Å². The number of aromatic nitrogens is 1. The van der Waals surface area contributed by atoms with Crippen LogP contribution >= 0.6 is 11.6 Å². The lowest BCUT2D eigenvalue weighted by Crippen LogP contribution is -2.08. The molecule has 0 spiro atoms. The highest BCUT2D eigenvalue weighted by Crippen LogP contribution is 2.23. The number of benzene rings is 1. The van der Waals surface area contributed by atoms with E-state index in [9.17, 15) is 4.79 Å². The van der Waals surface area contributed by atoms with Gasteiger partial charge in [-0.15, -0.1) is 0 Å². The molecule has 1 N–H and O–H groups in total. The Balaban J connectivity index is 3.08. The maximum absolute atomic E-state index is 11.6. The van der Waals surface area contributed by atoms with Crippen LogP contribution in [0.5, 0.6) is 0 Å². The van der Waals surface area contributed by atoms with Gasteiger partial charge in [-0.1, -0.05) is 17.7 Å². The first kappa shape index (κ1) is 9.28. The second kappa shape index (κ2) is 3.14. The molecule has 1 aromatic carbocycles. The molecule has 0 aliphatic rings. The summed E-state index contributed by atoms with van der Waals surface area (Å²) in [6.07, 6.45) is 0. The molecular weight excluding hydrogens is 198 g/mol. The second-order valence-corrected chi connectivity index (χ2v) is 3.84. The number of hydrogen-bond acceptors (Lipinski definition) is 1. The van der Waals surface area contributed by atoms with Crippen molar-refractivity contribution >= 4 is 22.4 Å². The van der Waals surface area contributed by atoms with Gasteiger partial charge in [-0.05, 0) is 36.9 Å². The molecule has 14 heavy (non-hydrogen) atoms. The van der Waals surface area contributed by atoms with Crippen LogP contribution in [-0.2, 0) is 0 Å². The Morgan fingerprint density at radius 1 is 1.29 bits per heavy atom. The van der Waals surface area contributed by atoms with E-state index >= 15 is 0 Å². The number of H-pyrrole nitrogens is 1. The number of hydrogen-bond donors (Lipinski definition) is 1. The number of halogens is 1. The van der Waals surface area contributed by atoms with Crippen molar-refractivity contribution in [3.8, 4) is 0 Å². The molecule has 0 bridgehead atoms. The average Bonchev–Trinajstić information content (AvgIpc) is 2.10. The van der Waals surface area contributed by atoms with Crippen molar-refractivity contribution in [2.45, 2.75) is 13.8 Å². The highest BCUT2D eigenvalue weighted by atomic mass is 35.5. The predicted octanol–water partition coefficient (Wildman–Crippen LogP) is 2.80. The number of fused-ring (bicyclic) bond motifs is 1. The molecule has 0 saturated heterocycles. The molecule has 0 unspecified atom stereocenters. The summed E-state index contributed by atoms with van der Waals surface area (Å²) in [5.41, 5.74) is 1.81. The number of rotatable bonds is 0. The van der Waals surface area contributed by atoms with Crippen LogP contribution in [0.2, 0.25) is 5.02 Å². The maximum Gasteiger partial charge on any atom is 0.257 e. The van der Waals surface area contributed by atoms with Crippen molar-refractivity contribution in [3.05, 3.63) is 44.8 Å². The van der Waals surface area contributed by atoms with E-state index in [1.807, 2.05) is 26.0 Å². The summed E-state index contributed by atoms with van der Waals surface area (Å²) in [7, 11) is 0. The summed E-state index contributed by atoms with van der Waals surface area (Å²) in [6, 6.07) is 5.62. The van der Waals surface area contributed by atoms with Crippen LogP contribution < -0.4 is 5.56 Å². The van der Waals surface area contributed by atoms with Crippen molar-refractivity contribution < 1.29 is 0 Å². The zero-order valence-corrected chi connectivity index (χ0v) is 8.77. The standard InChI is InChI=1S/C11H10ClNO/c1-6-3-4-9(12)10-8(6)5-7(2)13-11(10)14/h3-5H,1-2H3,(H,13,14). The van der Waals surface area contributed by atoms with Crippen LogP contribution in [0.3, 0.4) is 0 Å². The van der Waals surface area contributed by atoms with E-state index in [4.69, 9.17) is 11.6 Å². The van der Waals surface area contributed by atoms with Gasteiger partial charge in [-0.3, -0.25) is 4.79 Å². The quantitative estimate of drug-likeness (QED) is 0.708. The van der Waals surface area contributed by atoms with E-state index < -0.39 is 0 Å². The molecule has 0 amide bonds. The molecular formula is C11H10ClNO. The Labute approximate surface area is 86.5 Å². The molecule has 2 nitrogen and oxygen atoms in total. The zero-order valence-electron chi connectivity index (χ0n) is 8.02. The largest absolute Gasteiger partial charge is 0.326 e. The van der Waals surface area contributed by atoms with Gasteiger partial charge >= 0.3 is 0 Å². The molecule has 0 saturated carbocycles. The normalized spacial score (nSPS) is 10.8. The smallest absolute Gasteiger partial charge is 0.257 e. The first-order chi connectivity index (χ1) is 6.59. The fraction of sp³-hybridized carbons (Fsp3) is 0.182. The first-order valence-corrected chi connectivity index (χ1v) is 4.76. The average molecular weight is 208 g/mol. The van der Waals surface area contributed by atoms with E-state index in [0.29, 0.717) is 10.4 Å². The van der Waals surface area contributed by atoms with Crippen LogP contribution in [0.25, 0.3) is 10.8 Å². The summed E-state index contributed by atoms with van der Waals surface area (Å²) >= 11 is 5.97. The van der Waals surface area contributed by atoms with Gasteiger partial charge in [0.25, 0.3) is 5.56 Å². The Hall–Kier alpha value is -1.28. The lowest BCUT2D eigenvalue weighted by atomic mass is 10.1. The highest BCUT2D eigenvalue weighted by molar-refractivity contribution is 6.35. The summed E-state index contributed by atoms with van der Waals surface area (Å²) in [5.74, 6) is 0. The molecule has 0 aliphatic heterocycles. The second-order valence-electron chi connectivity index (χ2n) is 3.43. The molecule has 0 radical (unpaired) electrons. The molecule has 2 rings (SSSR count). The molecule has 0 fully saturated rings. The summed E-state index contributed by atoms with van der Waals surface area (Å²) in [5, 5.41) is 2.02. The number of aromatic amines is 1. The van der Waals surface area contributed by atoms with Crippen molar-refractivity contribution in [2.24, 2.45) is 0 Å². The van der Waals surface area contributed by atoms with Gasteiger partial charge in [0.05, 0.1) is 10.4 Å². The minimum atomic E-state index is -0.117. The maximum atomic E-state index is 11.6. The van der Waals surface area contributed by atoms with Crippen LogP contribution in [0, 0.1) is 13.8 Å². The van der Waals surface area contributed by atoms with Crippen LogP contribution in [0.4, 0.5) is 0 Å². The van der Waals surface area contributed by atoms with Gasteiger partial charge in [0.15, 0.2) is 0 Å². The number of aryl methyl sites for hydroxylation is 2. The predicted molar refractivity (Wildman–Crippen MR) is 59.1 cm³/mol. The third kappa shape index (κ3) is 1.32. The Bertz CT molecular complexity index is 557. The molecule has 1 aromatic heterocycles. The molecule has 3 heteroatoms. The van der Waals surface area contributed by atoms with Crippen LogP contribution in [0.15, 0.2) is 23.0 Å². The van der Waals surface area contributed by atoms with E-state index in [1.54, 1.807) is 6.07 Å². The SMILES string of the molecule is Cc1cc2c(C)ccc(Cl)c2c(=O)[nH]1. The Kier molecular flexibility index (Phi) is 2.08. The minimum Gasteiger partial charge on any atom is -0.326 e. The fourth-order valence-electron chi connectivity index (χ4n) is 1.61. The van der Waals surface area contributed by atoms with Crippen molar-refractivity contribution in [1.82, 2.24) is 4.98 Å². The summed E-state index contributed by atoms with van der Waals surface area (Å²) < 4.78 is 0. The lowest BCUT2D eigenvalue weighted by Gasteiger charge is -2.04. The topological polar surface area (TPSA) is 32.9 Å². The first-order valence-electron chi connectivity index (χ1n) is 4.38. The Morgan fingerprint density at radius 2 is 2.00 bits per heavy atom. The van der Waals surface area contributed by atoms with E-state index in [-0.39, 0.29) is 5.56 Å². The molecule has 2 aromatic rings. The van der Waals surface area contributed by atoms with Gasteiger partial charge in [-0.2, -0.15) is 0 Å².